The van der Waals surface area contributed by atoms with Crippen molar-refractivity contribution in [2.75, 3.05) is 20.3 Å². The van der Waals surface area contributed by atoms with Gasteiger partial charge in [-0.05, 0) is 38.1 Å². The zero-order chi connectivity index (χ0) is 10.2. The zero-order valence-corrected chi connectivity index (χ0v) is 9.72. The van der Waals surface area contributed by atoms with Gasteiger partial charge in [0.1, 0.15) is 0 Å². The highest BCUT2D eigenvalue weighted by Crippen LogP contribution is 2.23. The molecule has 1 fully saturated rings. The van der Waals surface area contributed by atoms with E-state index in [1.165, 1.54) is 45.1 Å². The lowest BCUT2D eigenvalue weighted by molar-refractivity contribution is 0.191. The van der Waals surface area contributed by atoms with Crippen LogP contribution in [0.15, 0.2) is 0 Å². The molecule has 1 aliphatic rings. The average molecular weight is 199 g/mol. The minimum atomic E-state index is 0.793. The van der Waals surface area contributed by atoms with Crippen molar-refractivity contribution in [3.8, 4) is 0 Å². The molecule has 14 heavy (non-hydrogen) atoms. The Hall–Kier alpha value is -0.0800. The molecule has 1 saturated carbocycles. The summed E-state index contributed by atoms with van der Waals surface area (Å²) in [6, 6.07) is 0.793. The van der Waals surface area contributed by atoms with Crippen molar-refractivity contribution in [1.82, 2.24) is 5.32 Å². The van der Waals surface area contributed by atoms with E-state index in [9.17, 15) is 0 Å². The highest BCUT2D eigenvalue weighted by molar-refractivity contribution is 4.75. The third kappa shape index (κ3) is 4.97. The Bertz CT molecular complexity index is 138. The van der Waals surface area contributed by atoms with Gasteiger partial charge in [-0.25, -0.2) is 0 Å². The highest BCUT2D eigenvalue weighted by atomic mass is 16.5. The molecular weight excluding hydrogens is 174 g/mol. The quantitative estimate of drug-likeness (QED) is 0.664. The van der Waals surface area contributed by atoms with Crippen LogP contribution in [-0.2, 0) is 4.74 Å². The van der Waals surface area contributed by atoms with Crippen LogP contribution in [-0.4, -0.2) is 26.3 Å². The van der Waals surface area contributed by atoms with Crippen molar-refractivity contribution >= 4 is 0 Å². The van der Waals surface area contributed by atoms with E-state index in [0.717, 1.165) is 18.6 Å². The molecule has 0 spiro atoms. The third-order valence-corrected chi connectivity index (χ3v) is 3.14. The second kappa shape index (κ2) is 7.24. The molecule has 2 nitrogen and oxygen atoms in total. The fraction of sp³-hybridized carbons (Fsp3) is 1.00. The summed E-state index contributed by atoms with van der Waals surface area (Å²) in [4.78, 5) is 0. The Kier molecular flexibility index (Phi) is 6.20. The SMILES string of the molecule is COCCCCN[C@H]1CCC[C@H](C)C1. The summed E-state index contributed by atoms with van der Waals surface area (Å²) in [6.07, 6.45) is 8.04. The lowest BCUT2D eigenvalue weighted by Gasteiger charge is -2.27. The summed E-state index contributed by atoms with van der Waals surface area (Å²) >= 11 is 0. The van der Waals surface area contributed by atoms with Gasteiger partial charge in [-0.2, -0.15) is 0 Å². The maximum atomic E-state index is 5.02. The number of hydrogen-bond acceptors (Lipinski definition) is 2. The van der Waals surface area contributed by atoms with Gasteiger partial charge in [-0.15, -0.1) is 0 Å². The molecule has 0 radical (unpaired) electrons. The van der Waals surface area contributed by atoms with Crippen LogP contribution < -0.4 is 5.32 Å². The first-order valence-electron chi connectivity index (χ1n) is 6.05. The lowest BCUT2D eigenvalue weighted by atomic mass is 9.87. The van der Waals surface area contributed by atoms with E-state index >= 15 is 0 Å². The zero-order valence-electron chi connectivity index (χ0n) is 9.72. The van der Waals surface area contributed by atoms with Crippen molar-refractivity contribution in [1.29, 1.82) is 0 Å². The standard InChI is InChI=1S/C12H25NO/c1-11-6-5-7-12(10-11)13-8-3-4-9-14-2/h11-13H,3-10H2,1-2H3/t11-,12-/m0/s1. The predicted molar refractivity (Wildman–Crippen MR) is 60.5 cm³/mol. The lowest BCUT2D eigenvalue weighted by Crippen LogP contribution is -2.34. The minimum Gasteiger partial charge on any atom is -0.385 e. The normalized spacial score (nSPS) is 27.9. The fourth-order valence-electron chi connectivity index (χ4n) is 2.30. The largest absolute Gasteiger partial charge is 0.385 e. The summed E-state index contributed by atoms with van der Waals surface area (Å²) in [5.74, 6) is 0.931. The Morgan fingerprint density at radius 2 is 2.14 bits per heavy atom. The summed E-state index contributed by atoms with van der Waals surface area (Å²) < 4.78 is 5.02. The summed E-state index contributed by atoms with van der Waals surface area (Å²) in [5, 5.41) is 3.66. The first-order chi connectivity index (χ1) is 6.83. The van der Waals surface area contributed by atoms with Crippen LogP contribution >= 0.6 is 0 Å². The number of unbranched alkanes of at least 4 members (excludes halogenated alkanes) is 1. The molecule has 0 aliphatic heterocycles. The topological polar surface area (TPSA) is 21.3 Å². The molecule has 0 heterocycles. The number of methoxy groups -OCH3 is 1. The van der Waals surface area contributed by atoms with E-state index in [2.05, 4.69) is 12.2 Å². The molecule has 0 amide bonds. The second-order valence-electron chi connectivity index (χ2n) is 4.62. The van der Waals surface area contributed by atoms with Crippen molar-refractivity contribution < 1.29 is 4.74 Å². The van der Waals surface area contributed by atoms with Crippen LogP contribution in [0.4, 0.5) is 0 Å². The molecule has 1 N–H and O–H groups in total. The Labute approximate surface area is 88.4 Å². The van der Waals surface area contributed by atoms with Crippen LogP contribution in [0.5, 0.6) is 0 Å². The molecule has 0 saturated heterocycles. The first-order valence-corrected chi connectivity index (χ1v) is 6.05. The first kappa shape index (κ1) is 12.0. The monoisotopic (exact) mass is 199 g/mol. The average Bonchev–Trinajstić information content (AvgIpc) is 2.18. The second-order valence-corrected chi connectivity index (χ2v) is 4.62. The smallest absolute Gasteiger partial charge is 0.0462 e. The van der Waals surface area contributed by atoms with Crippen LogP contribution in [0.25, 0.3) is 0 Å². The number of hydrogen-bond donors (Lipinski definition) is 1. The molecule has 0 unspecified atom stereocenters. The van der Waals surface area contributed by atoms with Gasteiger partial charge < -0.3 is 10.1 Å². The van der Waals surface area contributed by atoms with Gasteiger partial charge in [0.05, 0.1) is 0 Å². The minimum absolute atomic E-state index is 0.793. The molecule has 0 aromatic carbocycles. The molecule has 2 heteroatoms. The van der Waals surface area contributed by atoms with E-state index in [1.807, 2.05) is 0 Å². The molecular formula is C12H25NO. The van der Waals surface area contributed by atoms with Crippen LogP contribution in [0.1, 0.15) is 45.4 Å². The molecule has 84 valence electrons. The number of ether oxygens (including phenoxy) is 1. The Balaban J connectivity index is 1.95. The van der Waals surface area contributed by atoms with Crippen LogP contribution in [0.2, 0.25) is 0 Å². The Morgan fingerprint density at radius 3 is 2.86 bits per heavy atom. The van der Waals surface area contributed by atoms with E-state index in [4.69, 9.17) is 4.74 Å². The summed E-state index contributed by atoms with van der Waals surface area (Å²) in [7, 11) is 1.77. The molecule has 1 rings (SSSR count). The molecule has 0 aromatic heterocycles. The Morgan fingerprint density at radius 1 is 1.29 bits per heavy atom. The van der Waals surface area contributed by atoms with Gasteiger partial charge in [-0.1, -0.05) is 19.8 Å². The summed E-state index contributed by atoms with van der Waals surface area (Å²) in [5.41, 5.74) is 0. The maximum Gasteiger partial charge on any atom is 0.0462 e. The van der Waals surface area contributed by atoms with E-state index in [-0.39, 0.29) is 0 Å². The van der Waals surface area contributed by atoms with Crippen molar-refractivity contribution in [3.05, 3.63) is 0 Å². The van der Waals surface area contributed by atoms with Crippen LogP contribution in [0, 0.1) is 5.92 Å². The van der Waals surface area contributed by atoms with Gasteiger partial charge in [0.25, 0.3) is 0 Å². The van der Waals surface area contributed by atoms with Gasteiger partial charge in [0.2, 0.25) is 0 Å². The van der Waals surface area contributed by atoms with Crippen molar-refractivity contribution in [2.24, 2.45) is 5.92 Å². The molecule has 0 bridgehead atoms. The van der Waals surface area contributed by atoms with Crippen molar-refractivity contribution in [2.45, 2.75) is 51.5 Å². The molecule has 1 aliphatic carbocycles. The highest BCUT2D eigenvalue weighted by Gasteiger charge is 2.17. The number of nitrogens with one attached hydrogen (secondary N) is 1. The molecule has 2 atom stereocenters. The number of rotatable bonds is 6. The van der Waals surface area contributed by atoms with Gasteiger partial charge >= 0.3 is 0 Å². The predicted octanol–water partition coefficient (Wildman–Crippen LogP) is 2.58. The van der Waals surface area contributed by atoms with Gasteiger partial charge in [-0.3, -0.25) is 0 Å². The van der Waals surface area contributed by atoms with E-state index < -0.39 is 0 Å². The van der Waals surface area contributed by atoms with Crippen LogP contribution in [0.3, 0.4) is 0 Å². The third-order valence-electron chi connectivity index (χ3n) is 3.14. The van der Waals surface area contributed by atoms with Crippen molar-refractivity contribution in [3.63, 3.8) is 0 Å². The van der Waals surface area contributed by atoms with Gasteiger partial charge in [0.15, 0.2) is 0 Å². The summed E-state index contributed by atoms with van der Waals surface area (Å²) in [6.45, 7) is 4.45. The maximum absolute atomic E-state index is 5.02. The van der Waals surface area contributed by atoms with E-state index in [1.54, 1.807) is 7.11 Å². The molecule has 0 aromatic rings. The van der Waals surface area contributed by atoms with Gasteiger partial charge in [0, 0.05) is 19.8 Å². The van der Waals surface area contributed by atoms with E-state index in [0.29, 0.717) is 0 Å². The fourth-order valence-corrected chi connectivity index (χ4v) is 2.30.